The second-order valence-electron chi connectivity index (χ2n) is 6.49. The summed E-state index contributed by atoms with van der Waals surface area (Å²) in [5, 5.41) is 13.9. The van der Waals surface area contributed by atoms with E-state index < -0.39 is 0 Å². The summed E-state index contributed by atoms with van der Waals surface area (Å²) >= 11 is 0. The molecule has 0 spiro atoms. The van der Waals surface area contributed by atoms with Gasteiger partial charge in [-0.2, -0.15) is 0 Å². The number of benzene rings is 2. The fraction of sp³-hybridized carbons (Fsp3) is 0.435. The lowest BCUT2D eigenvalue weighted by molar-refractivity contribution is -0.207. The van der Waals surface area contributed by atoms with Gasteiger partial charge in [-0.3, -0.25) is 0 Å². The largest absolute Gasteiger partial charge is 0.823 e. The zero-order chi connectivity index (χ0) is 21.1. The van der Waals surface area contributed by atoms with Crippen molar-refractivity contribution in [2.24, 2.45) is 0 Å². The third-order valence-electron chi connectivity index (χ3n) is 4.32. The Balaban J connectivity index is 2.38. The number of hydrogen-bond acceptors (Lipinski definition) is 5. The summed E-state index contributed by atoms with van der Waals surface area (Å²) in [7, 11) is 3.58. The molecule has 0 atom stereocenters. The number of rotatable bonds is 12. The molecule has 0 aliphatic heterocycles. The zero-order valence-electron chi connectivity index (χ0n) is 17.7. The van der Waals surface area contributed by atoms with Crippen molar-refractivity contribution in [2.45, 2.75) is 39.5 Å². The normalized spacial score (nSPS) is 11.3. The van der Waals surface area contributed by atoms with E-state index in [2.05, 4.69) is 13.8 Å². The van der Waals surface area contributed by atoms with Crippen LogP contribution >= 0.6 is 8.20 Å². The summed E-state index contributed by atoms with van der Waals surface area (Å²) in [5.74, 6) is 2.42. The van der Waals surface area contributed by atoms with E-state index in [0.29, 0.717) is 44.2 Å². The van der Waals surface area contributed by atoms with Gasteiger partial charge in [-0.1, -0.05) is 46.4 Å². The second-order valence-corrected chi connectivity index (χ2v) is 7.60. The lowest BCUT2D eigenvalue weighted by atomic mass is 10.2. The van der Waals surface area contributed by atoms with Crippen molar-refractivity contribution < 1.29 is 24.1 Å². The average molecular weight is 417 g/mol. The molecule has 0 bridgehead atoms. The Labute approximate surface area is 175 Å². The maximum atomic E-state index is 13.1. The summed E-state index contributed by atoms with van der Waals surface area (Å²) in [4.78, 5) is 0. The molecule has 0 radical (unpaired) electrons. The van der Waals surface area contributed by atoms with Crippen LogP contribution in [0.1, 0.15) is 45.1 Å². The minimum Gasteiger partial charge on any atom is -0.823 e. The molecule has 0 N–H and O–H groups in total. The molecular weight excluding hydrogens is 387 g/mol. The molecule has 0 amide bonds. The van der Waals surface area contributed by atoms with E-state index in [4.69, 9.17) is 18.9 Å². The van der Waals surface area contributed by atoms with Gasteiger partial charge >= 0.3 is 0 Å². The molecule has 0 saturated carbocycles. The van der Waals surface area contributed by atoms with Crippen LogP contribution in [0.2, 0.25) is 0 Å². The van der Waals surface area contributed by atoms with Crippen LogP contribution in [-0.2, 0) is 0 Å². The minimum absolute atomic E-state index is 0.112. The molecule has 0 aliphatic carbocycles. The topological polar surface area (TPSA) is 60.0 Å². The molecule has 0 aliphatic rings. The van der Waals surface area contributed by atoms with E-state index in [0.717, 1.165) is 36.7 Å². The van der Waals surface area contributed by atoms with E-state index in [1.54, 1.807) is 32.4 Å². The maximum absolute atomic E-state index is 13.1. The van der Waals surface area contributed by atoms with Crippen LogP contribution < -0.4 is 29.4 Å². The van der Waals surface area contributed by atoms with Crippen molar-refractivity contribution in [3.63, 3.8) is 0 Å². The van der Waals surface area contributed by atoms with Crippen LogP contribution in [0.25, 0.3) is 0 Å². The summed E-state index contributed by atoms with van der Waals surface area (Å²) in [6.07, 6.45) is 4.06. The predicted octanol–water partition coefficient (Wildman–Crippen LogP) is 4.17. The van der Waals surface area contributed by atoms with Gasteiger partial charge in [0.25, 0.3) is 0 Å². The van der Waals surface area contributed by atoms with Gasteiger partial charge in [0, 0.05) is 16.9 Å². The van der Waals surface area contributed by atoms with Gasteiger partial charge in [0.15, 0.2) is 0 Å². The Morgan fingerprint density at radius 1 is 0.862 bits per heavy atom. The first-order valence-corrected chi connectivity index (χ1v) is 10.9. The number of methoxy groups -OCH3 is 2. The van der Waals surface area contributed by atoms with E-state index in [1.165, 1.54) is 0 Å². The van der Waals surface area contributed by atoms with Crippen molar-refractivity contribution >= 4 is 19.0 Å². The second kappa shape index (κ2) is 12.4. The van der Waals surface area contributed by atoms with Gasteiger partial charge in [-0.05, 0) is 37.1 Å². The zero-order valence-corrected chi connectivity index (χ0v) is 18.6. The van der Waals surface area contributed by atoms with Gasteiger partial charge in [0.05, 0.1) is 27.4 Å². The molecule has 29 heavy (non-hydrogen) atoms. The predicted molar refractivity (Wildman–Crippen MR) is 117 cm³/mol. The number of unbranched alkanes of at least 4 members (excludes halogenated alkanes) is 2. The lowest BCUT2D eigenvalue weighted by Crippen LogP contribution is -2.20. The van der Waals surface area contributed by atoms with Crippen LogP contribution in [0.4, 0.5) is 0 Å². The number of ether oxygens (including phenoxy) is 4. The lowest BCUT2D eigenvalue weighted by Gasteiger charge is -2.20. The summed E-state index contributed by atoms with van der Waals surface area (Å²) in [6, 6.07) is 11.0. The Bertz CT molecular complexity index is 782. The molecule has 2 aromatic carbocycles. The fourth-order valence-corrected chi connectivity index (χ4v) is 3.62. The third-order valence-corrected chi connectivity index (χ3v) is 5.35. The van der Waals surface area contributed by atoms with E-state index in [9.17, 15) is 5.11 Å². The van der Waals surface area contributed by atoms with Crippen LogP contribution in [0.3, 0.4) is 0 Å². The van der Waals surface area contributed by atoms with Gasteiger partial charge in [-0.25, -0.2) is 0 Å². The fourth-order valence-electron chi connectivity index (χ4n) is 2.68. The Morgan fingerprint density at radius 3 is 2.07 bits per heavy atom. The van der Waals surface area contributed by atoms with Gasteiger partial charge in [0.1, 0.15) is 23.0 Å². The monoisotopic (exact) mass is 417 g/mol. The summed E-state index contributed by atoms with van der Waals surface area (Å²) < 4.78 is 22.5. The molecule has 2 aromatic rings. The summed E-state index contributed by atoms with van der Waals surface area (Å²) in [6.45, 7) is 5.51. The van der Waals surface area contributed by atoms with E-state index in [-0.39, 0.29) is 5.48 Å². The van der Waals surface area contributed by atoms with Crippen molar-refractivity contribution in [1.82, 2.24) is 0 Å². The maximum Gasteiger partial charge on any atom is 0.134 e. The molecule has 0 heterocycles. The van der Waals surface area contributed by atoms with E-state index >= 15 is 0 Å². The molecule has 0 saturated heterocycles. The van der Waals surface area contributed by atoms with Crippen LogP contribution in [0, 0.1) is 0 Å². The first-order valence-electron chi connectivity index (χ1n) is 10.0. The quantitative estimate of drug-likeness (QED) is 0.383. The van der Waals surface area contributed by atoms with Crippen molar-refractivity contribution in [3.8, 4) is 23.0 Å². The highest BCUT2D eigenvalue weighted by molar-refractivity contribution is 7.49. The highest BCUT2D eigenvalue weighted by Gasteiger charge is 2.11. The van der Waals surface area contributed by atoms with Gasteiger partial charge in [-0.15, -0.1) is 0 Å². The van der Waals surface area contributed by atoms with Crippen LogP contribution in [0.5, 0.6) is 23.0 Å². The SMILES string of the molecule is CCCCOc1ccc(P=C([O-])c2c(OC)cccc2OC)c(OCCCC)c1. The van der Waals surface area contributed by atoms with Crippen molar-refractivity contribution in [3.05, 3.63) is 42.0 Å². The van der Waals surface area contributed by atoms with E-state index in [1.807, 2.05) is 18.2 Å². The summed E-state index contributed by atoms with van der Waals surface area (Å²) in [5.41, 5.74) is 0.321. The minimum atomic E-state index is -0.112. The highest BCUT2D eigenvalue weighted by Crippen LogP contribution is 2.30. The highest BCUT2D eigenvalue weighted by atomic mass is 31.1. The molecule has 0 unspecified atom stereocenters. The smallest absolute Gasteiger partial charge is 0.134 e. The standard InChI is InChI=1S/C23H31O5P/c1-5-7-14-27-17-12-13-21(20(16-17)28-15-8-6-2)29-23(24)22-18(25-3)10-9-11-19(22)26-4/h9-13,16,24H,5-8,14-15H2,1-4H3/p-1. The Kier molecular flexibility index (Phi) is 9.82. The molecule has 2 rings (SSSR count). The molecule has 0 fully saturated rings. The van der Waals surface area contributed by atoms with Gasteiger partial charge in [0.2, 0.25) is 0 Å². The molecule has 5 nitrogen and oxygen atoms in total. The first-order chi connectivity index (χ1) is 14.1. The van der Waals surface area contributed by atoms with Crippen LogP contribution in [-0.4, -0.2) is 32.9 Å². The van der Waals surface area contributed by atoms with Crippen molar-refractivity contribution in [2.75, 3.05) is 27.4 Å². The molecule has 158 valence electrons. The Morgan fingerprint density at radius 2 is 1.48 bits per heavy atom. The van der Waals surface area contributed by atoms with Crippen molar-refractivity contribution in [1.29, 1.82) is 0 Å². The van der Waals surface area contributed by atoms with Crippen LogP contribution in [0.15, 0.2) is 36.4 Å². The molecular formula is C23H30O5P-. The molecule has 0 aromatic heterocycles. The van der Waals surface area contributed by atoms with Gasteiger partial charge < -0.3 is 24.1 Å². The Hall–Kier alpha value is -2.23. The third kappa shape index (κ3) is 6.66. The first kappa shape index (κ1) is 23.1. The average Bonchev–Trinajstić information content (AvgIpc) is 2.74. The molecule has 6 heteroatoms. The number of hydrogen-bond donors (Lipinski definition) is 0.